The summed E-state index contributed by atoms with van der Waals surface area (Å²) in [6.45, 7) is 18.8. The Hall–Kier alpha value is -2.21. The van der Waals surface area contributed by atoms with Crippen molar-refractivity contribution in [2.24, 2.45) is 68.1 Å². The van der Waals surface area contributed by atoms with Crippen LogP contribution in [0.25, 0.3) is 0 Å². The van der Waals surface area contributed by atoms with E-state index < -0.39 is 41.0 Å². The lowest BCUT2D eigenvalue weighted by Gasteiger charge is -2.71. The third-order valence-electron chi connectivity index (χ3n) is 15.1. The van der Waals surface area contributed by atoms with Crippen LogP contribution in [0.4, 0.5) is 0 Å². The van der Waals surface area contributed by atoms with E-state index in [1.165, 1.54) is 12.5 Å². The first kappa shape index (κ1) is 38.0. The van der Waals surface area contributed by atoms with Gasteiger partial charge in [-0.2, -0.15) is 0 Å². The molecule has 1 saturated heterocycles. The number of aliphatic carboxylic acids is 1. The van der Waals surface area contributed by atoms with Gasteiger partial charge < -0.3 is 40.8 Å². The monoisotopic (exact) mass is 688 g/mol. The maximum Gasteiger partial charge on any atom is 0.307 e. The topological polar surface area (TPSA) is 181 Å². The van der Waals surface area contributed by atoms with Crippen LogP contribution in [0.15, 0.2) is 11.6 Å². The van der Waals surface area contributed by atoms with E-state index in [1.807, 2.05) is 0 Å². The van der Waals surface area contributed by atoms with Gasteiger partial charge in [0, 0.05) is 36.9 Å². The Kier molecular flexibility index (Phi) is 10.4. The quantitative estimate of drug-likeness (QED) is 0.0903. The van der Waals surface area contributed by atoms with E-state index in [-0.39, 0.29) is 65.7 Å². The number of nitrogens with one attached hydrogen (secondary N) is 1. The van der Waals surface area contributed by atoms with Gasteiger partial charge in [-0.1, -0.05) is 60.1 Å². The fourth-order valence-corrected chi connectivity index (χ4v) is 12.1. The summed E-state index contributed by atoms with van der Waals surface area (Å²) in [6, 6.07) is -0.540. The average molecular weight is 689 g/mol. The molecule has 2 unspecified atom stereocenters. The summed E-state index contributed by atoms with van der Waals surface area (Å²) >= 11 is 0. The first-order valence-electron chi connectivity index (χ1n) is 18.6. The molecule has 4 fully saturated rings. The lowest BCUT2D eigenvalue weighted by molar-refractivity contribution is -0.267. The van der Waals surface area contributed by atoms with Crippen LogP contribution in [0, 0.1) is 62.1 Å². The fraction of sp³-hybridized carbons (Fsp3) is 0.868. The molecule has 1 heterocycles. The Labute approximate surface area is 293 Å². The van der Waals surface area contributed by atoms with Gasteiger partial charge in [-0.15, -0.1) is 0 Å². The minimum Gasteiger partial charge on any atom is -0.481 e. The number of nitrogens with zero attached hydrogens (tertiary/aromatic N) is 1. The summed E-state index contributed by atoms with van der Waals surface area (Å²) in [6.07, 6.45) is 6.56. The number of carbonyl (C=O) groups is 2. The molecule has 5 rings (SSSR count). The number of fused-ring (bicyclic) bond motifs is 3. The Bertz CT molecular complexity index is 1320. The number of carbonyl (C=O) groups excluding carboxylic acids is 1. The summed E-state index contributed by atoms with van der Waals surface area (Å²) in [7, 11) is 0. The third-order valence-corrected chi connectivity index (χ3v) is 15.1. The van der Waals surface area contributed by atoms with Crippen molar-refractivity contribution in [2.75, 3.05) is 39.5 Å². The number of carboxylic acids is 1. The lowest BCUT2D eigenvalue weighted by atomic mass is 9.34. The van der Waals surface area contributed by atoms with Gasteiger partial charge in [-0.05, 0) is 78.4 Å². The van der Waals surface area contributed by atoms with Crippen LogP contribution in [0.3, 0.4) is 0 Å². The number of ether oxygens (including phenoxy) is 3. The number of esters is 1. The van der Waals surface area contributed by atoms with E-state index in [2.05, 4.69) is 54.5 Å². The average Bonchev–Trinajstić information content (AvgIpc) is 3.01. The van der Waals surface area contributed by atoms with Crippen molar-refractivity contribution in [1.82, 2.24) is 4.90 Å². The number of allylic oxidation sites excluding steroid dienone is 1. The number of hydrogen-bond donors (Lipinski definition) is 5. The minimum absolute atomic E-state index is 0.145. The van der Waals surface area contributed by atoms with Gasteiger partial charge in [-0.25, -0.2) is 0 Å². The fourth-order valence-electron chi connectivity index (χ4n) is 12.1. The van der Waals surface area contributed by atoms with Gasteiger partial charge in [0.1, 0.15) is 12.2 Å². The van der Waals surface area contributed by atoms with Gasteiger partial charge >= 0.3 is 11.9 Å². The maximum absolute atomic E-state index is 13.4. The van der Waals surface area contributed by atoms with Crippen LogP contribution in [0.2, 0.25) is 0 Å². The maximum atomic E-state index is 13.4. The molecule has 0 aromatic rings. The van der Waals surface area contributed by atoms with E-state index >= 15 is 0 Å². The molecule has 2 bridgehead atoms. The zero-order chi connectivity index (χ0) is 36.3. The van der Waals surface area contributed by atoms with E-state index in [0.717, 1.165) is 25.7 Å². The Morgan fingerprint density at radius 2 is 1.82 bits per heavy atom. The summed E-state index contributed by atoms with van der Waals surface area (Å²) < 4.78 is 19.3. The van der Waals surface area contributed by atoms with E-state index in [9.17, 15) is 19.8 Å². The SMILES string of the molecule is CC(=O)O[C@@H]1C[C@@]23COCC(C)(C2CC[C@H]2C3=CC[C@@]3(C)[C@H](C(=O)O)[C@@](C)([C@H](C)C(C)C)CC[C@]23C)[C@H]1OCCN(C[C@@H](N)CO)C(=N)N. The number of guanidine groups is 1. The zero-order valence-corrected chi connectivity index (χ0v) is 31.2. The summed E-state index contributed by atoms with van der Waals surface area (Å²) in [4.78, 5) is 27.6. The number of aliphatic hydroxyl groups is 1. The van der Waals surface area contributed by atoms with Crippen molar-refractivity contribution in [3.63, 3.8) is 0 Å². The highest BCUT2D eigenvalue weighted by atomic mass is 16.6. The number of rotatable bonds is 11. The highest BCUT2D eigenvalue weighted by Crippen LogP contribution is 2.75. The second-order valence-electron chi connectivity index (χ2n) is 17.8. The Balaban J connectivity index is 1.50. The molecule has 5 aliphatic rings. The molecular formula is C38H64N4O7. The molecule has 0 aromatic carbocycles. The predicted octanol–water partition coefficient (Wildman–Crippen LogP) is 4.41. The third kappa shape index (κ3) is 5.92. The van der Waals surface area contributed by atoms with Crippen LogP contribution >= 0.6 is 0 Å². The number of hydrogen-bond acceptors (Lipinski definition) is 8. The molecule has 4 aliphatic carbocycles. The zero-order valence-electron chi connectivity index (χ0n) is 31.2. The van der Waals surface area contributed by atoms with Crippen LogP contribution < -0.4 is 11.5 Å². The lowest BCUT2D eigenvalue weighted by Crippen LogP contribution is -2.70. The normalized spacial score (nSPS) is 42.5. The Morgan fingerprint density at radius 1 is 1.12 bits per heavy atom. The summed E-state index contributed by atoms with van der Waals surface area (Å²) in [5.74, 6) is -0.520. The Morgan fingerprint density at radius 3 is 2.41 bits per heavy atom. The molecule has 12 atom stereocenters. The molecule has 11 nitrogen and oxygen atoms in total. The molecule has 3 saturated carbocycles. The van der Waals surface area contributed by atoms with Gasteiger partial charge in [0.25, 0.3) is 0 Å². The first-order chi connectivity index (χ1) is 22.8. The second-order valence-corrected chi connectivity index (χ2v) is 17.8. The van der Waals surface area contributed by atoms with E-state index in [0.29, 0.717) is 38.5 Å². The molecule has 0 radical (unpaired) electrons. The van der Waals surface area contributed by atoms with Crippen molar-refractivity contribution in [3.05, 3.63) is 11.6 Å². The molecule has 7 N–H and O–H groups in total. The summed E-state index contributed by atoms with van der Waals surface area (Å²) in [5.41, 5.74) is 11.4. The van der Waals surface area contributed by atoms with E-state index in [4.69, 9.17) is 31.1 Å². The predicted molar refractivity (Wildman–Crippen MR) is 187 cm³/mol. The largest absolute Gasteiger partial charge is 0.481 e. The van der Waals surface area contributed by atoms with Gasteiger partial charge in [0.2, 0.25) is 0 Å². The molecule has 49 heavy (non-hydrogen) atoms. The van der Waals surface area contributed by atoms with Crippen LogP contribution in [-0.2, 0) is 23.8 Å². The minimum atomic E-state index is -0.671. The highest BCUT2D eigenvalue weighted by molar-refractivity contribution is 5.74. The van der Waals surface area contributed by atoms with Crippen LogP contribution in [-0.4, -0.2) is 90.8 Å². The highest BCUT2D eigenvalue weighted by Gasteiger charge is 2.72. The van der Waals surface area contributed by atoms with Gasteiger partial charge in [-0.3, -0.25) is 15.0 Å². The van der Waals surface area contributed by atoms with Crippen molar-refractivity contribution in [3.8, 4) is 0 Å². The molecule has 0 aromatic heterocycles. The van der Waals surface area contributed by atoms with E-state index in [1.54, 1.807) is 4.90 Å². The van der Waals surface area contributed by atoms with Crippen LogP contribution in [0.5, 0.6) is 0 Å². The molecular weight excluding hydrogens is 624 g/mol. The second kappa shape index (κ2) is 13.4. The number of carboxylic acid groups (broad SMARTS) is 1. The van der Waals surface area contributed by atoms with Gasteiger partial charge in [0.15, 0.2) is 5.96 Å². The van der Waals surface area contributed by atoms with Crippen molar-refractivity contribution in [2.45, 2.75) is 112 Å². The standard InChI is InChI=1S/C38H64N4O7/c1-22(2)23(3)34(5)13-14-36(7)26-9-10-29-35(6)20-47-21-38(29,27(26)11-12-37(36,8)30(34)32(45)46)17-28(49-24(4)44)31(35)48-16-15-42(33(40)41)18-25(39)19-43/h11,22-23,25-26,28-31,43H,9-10,12-21,39H2,1-8H3,(H3,40,41)(H,45,46)/t23-,25-,26+,28-,29?,30-,31+,34-,35?,36-,37+,38+/m1/s1. The smallest absolute Gasteiger partial charge is 0.307 e. The molecule has 278 valence electrons. The van der Waals surface area contributed by atoms with Gasteiger partial charge in [0.05, 0.1) is 32.3 Å². The molecule has 1 aliphatic heterocycles. The molecule has 0 spiro atoms. The van der Waals surface area contributed by atoms with Crippen molar-refractivity contribution < 1.29 is 34.0 Å². The first-order valence-corrected chi connectivity index (χ1v) is 18.6. The molecule has 0 amide bonds. The number of aliphatic hydroxyl groups excluding tert-OH is 1. The van der Waals surface area contributed by atoms with Crippen molar-refractivity contribution in [1.29, 1.82) is 5.41 Å². The summed E-state index contributed by atoms with van der Waals surface area (Å²) in [5, 5.41) is 28.4. The molecule has 11 heteroatoms. The number of nitrogens with two attached hydrogens (primary N) is 2. The van der Waals surface area contributed by atoms with Crippen LogP contribution in [0.1, 0.15) is 93.9 Å². The van der Waals surface area contributed by atoms with Crippen molar-refractivity contribution >= 4 is 17.9 Å².